The molecule has 0 aliphatic heterocycles. The summed E-state index contributed by atoms with van der Waals surface area (Å²) in [7, 11) is 0. The molecule has 41 heavy (non-hydrogen) atoms. The summed E-state index contributed by atoms with van der Waals surface area (Å²) < 4.78 is 17.0. The van der Waals surface area contributed by atoms with Gasteiger partial charge in [-0.25, -0.2) is 0 Å². The number of hydrogen-bond donors (Lipinski definition) is 0. The molecule has 0 aliphatic carbocycles. The summed E-state index contributed by atoms with van der Waals surface area (Å²) in [6.07, 6.45) is 17.4. The number of carbonyl (C=O) groups excluding carboxylic acids is 2. The first-order valence-electron chi connectivity index (χ1n) is 16.0. The highest BCUT2D eigenvalue weighted by Gasteiger charge is 2.28. The molecular weight excluding hydrogens is 573 g/mol. The number of carbonyl (C=O) groups is 2. The van der Waals surface area contributed by atoms with Gasteiger partial charge in [-0.1, -0.05) is 117 Å². The van der Waals surface area contributed by atoms with E-state index < -0.39 is 0 Å². The maximum atomic E-state index is 13.1. The van der Waals surface area contributed by atoms with E-state index in [1.807, 2.05) is 18.2 Å². The van der Waals surface area contributed by atoms with Gasteiger partial charge < -0.3 is 12.5 Å². The lowest BCUT2D eigenvalue weighted by Crippen LogP contribution is -2.29. The topological polar surface area (TPSA) is 61.8 Å². The molecule has 2 atom stereocenters. The predicted octanol–water partition coefficient (Wildman–Crippen LogP) is 11.1. The Labute approximate surface area is 265 Å². The highest BCUT2D eigenvalue weighted by Crippen LogP contribution is 2.29. The SMILES string of the molecule is CCCCCOSC(CCCC)C(=O)C(CCCC)SOCCCCC.CCCCCOSc1ccccc1C=O. The number of rotatable bonds is 27. The fourth-order valence-electron chi connectivity index (χ4n) is 3.71. The molecule has 0 spiro atoms. The van der Waals surface area contributed by atoms with Gasteiger partial charge in [0.1, 0.15) is 0 Å². The number of ketones is 1. The second-order valence-corrected chi connectivity index (χ2v) is 13.0. The van der Waals surface area contributed by atoms with Crippen molar-refractivity contribution in [2.24, 2.45) is 0 Å². The minimum atomic E-state index is -0.0508. The van der Waals surface area contributed by atoms with Gasteiger partial charge in [0, 0.05) is 46.6 Å². The van der Waals surface area contributed by atoms with E-state index in [1.165, 1.54) is 74.7 Å². The third-order valence-corrected chi connectivity index (χ3v) is 9.17. The van der Waals surface area contributed by atoms with Crippen LogP contribution >= 0.6 is 36.1 Å². The third-order valence-electron chi connectivity index (χ3n) is 6.33. The van der Waals surface area contributed by atoms with Crippen LogP contribution in [0.3, 0.4) is 0 Å². The predicted molar refractivity (Wildman–Crippen MR) is 181 cm³/mol. The first kappa shape index (κ1) is 40.5. The van der Waals surface area contributed by atoms with Gasteiger partial charge in [-0.05, 0) is 38.2 Å². The Morgan fingerprint density at radius 3 is 1.54 bits per heavy atom. The number of unbranched alkanes of at least 4 members (excludes halogenated alkanes) is 8. The van der Waals surface area contributed by atoms with Gasteiger partial charge in [0.05, 0.1) is 30.3 Å². The number of benzene rings is 1. The molecule has 0 fully saturated rings. The van der Waals surface area contributed by atoms with E-state index in [1.54, 1.807) is 6.07 Å². The first-order chi connectivity index (χ1) is 20.1. The van der Waals surface area contributed by atoms with Crippen LogP contribution in [0, 0.1) is 0 Å². The van der Waals surface area contributed by atoms with Crippen LogP contribution in [0.2, 0.25) is 0 Å². The van der Waals surface area contributed by atoms with Crippen molar-refractivity contribution in [3.05, 3.63) is 29.8 Å². The van der Waals surface area contributed by atoms with Crippen LogP contribution in [0.25, 0.3) is 0 Å². The van der Waals surface area contributed by atoms with E-state index in [0.717, 1.165) is 88.8 Å². The molecule has 1 aromatic carbocycles. The summed E-state index contributed by atoms with van der Waals surface area (Å²) in [5.41, 5.74) is 0.693. The second kappa shape index (κ2) is 30.9. The molecule has 238 valence electrons. The first-order valence-corrected chi connectivity index (χ1v) is 18.4. The molecule has 2 unspecified atom stereocenters. The van der Waals surface area contributed by atoms with Crippen molar-refractivity contribution in [3.63, 3.8) is 0 Å². The quantitative estimate of drug-likeness (QED) is 0.0540. The lowest BCUT2D eigenvalue weighted by molar-refractivity contribution is -0.118. The Bertz CT molecular complexity index is 707. The summed E-state index contributed by atoms with van der Waals surface area (Å²) >= 11 is 4.11. The van der Waals surface area contributed by atoms with Crippen molar-refractivity contribution in [2.45, 2.75) is 146 Å². The van der Waals surface area contributed by atoms with Crippen LogP contribution in [0.15, 0.2) is 29.2 Å². The molecule has 0 radical (unpaired) electrons. The van der Waals surface area contributed by atoms with Crippen molar-refractivity contribution in [1.29, 1.82) is 0 Å². The van der Waals surface area contributed by atoms with Crippen LogP contribution in [0.5, 0.6) is 0 Å². The summed E-state index contributed by atoms with van der Waals surface area (Å²) in [4.78, 5) is 24.7. The molecule has 0 N–H and O–H groups in total. The molecule has 1 rings (SSSR count). The van der Waals surface area contributed by atoms with Crippen LogP contribution in [-0.2, 0) is 17.3 Å². The van der Waals surface area contributed by atoms with E-state index in [-0.39, 0.29) is 10.5 Å². The molecule has 0 aromatic heterocycles. The largest absolute Gasteiger partial charge is 0.315 e. The zero-order valence-electron chi connectivity index (χ0n) is 26.5. The number of Topliss-reactive ketones (excluding diaryl/α,β-unsaturated/α-hetero) is 1. The summed E-state index contributed by atoms with van der Waals surface area (Å²) in [6.45, 7) is 13.1. The molecule has 1 aromatic rings. The van der Waals surface area contributed by atoms with Gasteiger partial charge in [-0.15, -0.1) is 0 Å². The normalized spacial score (nSPS) is 12.4. The minimum Gasteiger partial charge on any atom is -0.315 e. The molecule has 5 nitrogen and oxygen atoms in total. The van der Waals surface area contributed by atoms with Crippen molar-refractivity contribution >= 4 is 48.2 Å². The minimum absolute atomic E-state index is 0.0508. The van der Waals surface area contributed by atoms with E-state index in [4.69, 9.17) is 12.5 Å². The highest BCUT2D eigenvalue weighted by atomic mass is 32.2. The van der Waals surface area contributed by atoms with Gasteiger partial charge in [0.25, 0.3) is 0 Å². The van der Waals surface area contributed by atoms with E-state index in [0.29, 0.717) is 11.3 Å². The van der Waals surface area contributed by atoms with Gasteiger partial charge in [0.15, 0.2) is 12.1 Å². The molecule has 0 aliphatic rings. The van der Waals surface area contributed by atoms with Gasteiger partial charge in [0.2, 0.25) is 0 Å². The van der Waals surface area contributed by atoms with Crippen molar-refractivity contribution in [3.8, 4) is 0 Å². The van der Waals surface area contributed by atoms with Gasteiger partial charge >= 0.3 is 0 Å². The maximum absolute atomic E-state index is 13.1. The lowest BCUT2D eigenvalue weighted by atomic mass is 10.1. The van der Waals surface area contributed by atoms with Gasteiger partial charge in [-0.3, -0.25) is 9.59 Å². The third kappa shape index (κ3) is 22.7. The van der Waals surface area contributed by atoms with Crippen LogP contribution in [0.1, 0.15) is 141 Å². The zero-order valence-corrected chi connectivity index (χ0v) is 29.0. The van der Waals surface area contributed by atoms with E-state index >= 15 is 0 Å². The Hall–Kier alpha value is -0.510. The van der Waals surface area contributed by atoms with Crippen molar-refractivity contribution < 1.29 is 22.1 Å². The monoisotopic (exact) mass is 630 g/mol. The van der Waals surface area contributed by atoms with Crippen molar-refractivity contribution in [2.75, 3.05) is 19.8 Å². The summed E-state index contributed by atoms with van der Waals surface area (Å²) in [6, 6.07) is 7.45. The molecule has 8 heteroatoms. The lowest BCUT2D eigenvalue weighted by Gasteiger charge is -2.21. The smallest absolute Gasteiger partial charge is 0.163 e. The highest BCUT2D eigenvalue weighted by molar-refractivity contribution is 7.97. The molecule has 0 saturated carbocycles. The van der Waals surface area contributed by atoms with Crippen molar-refractivity contribution in [1.82, 2.24) is 0 Å². The maximum Gasteiger partial charge on any atom is 0.163 e. The standard InChI is InChI=1S/C21H42O3S2.C12H16O2S/c1-5-9-13-17-23-25-19(15-11-7-3)21(22)20(16-12-8-4)26-24-18-14-10-6-2;1-2-3-6-9-14-15-12-8-5-4-7-11(12)10-13/h19-20H,5-18H2,1-4H3;4-5,7-8,10H,2-3,6,9H2,1H3. The molecular formula is C33H58O5S3. The zero-order chi connectivity index (χ0) is 30.4. The molecule has 0 amide bonds. The average Bonchev–Trinajstić information content (AvgIpc) is 3.00. The summed E-state index contributed by atoms with van der Waals surface area (Å²) in [5.74, 6) is 0.313. The van der Waals surface area contributed by atoms with Crippen LogP contribution in [-0.4, -0.2) is 42.4 Å². The Kier molecular flexibility index (Phi) is 30.5. The molecule has 0 saturated heterocycles. The fourth-order valence-corrected chi connectivity index (χ4v) is 6.28. The molecule has 0 bridgehead atoms. The van der Waals surface area contributed by atoms with E-state index in [9.17, 15) is 9.59 Å². The van der Waals surface area contributed by atoms with Crippen LogP contribution in [0.4, 0.5) is 0 Å². The van der Waals surface area contributed by atoms with E-state index in [2.05, 4.69) is 34.6 Å². The average molecular weight is 631 g/mol. The van der Waals surface area contributed by atoms with Crippen LogP contribution < -0.4 is 0 Å². The Balaban J connectivity index is 0.000000897. The van der Waals surface area contributed by atoms with Gasteiger partial charge in [-0.2, -0.15) is 0 Å². The molecule has 0 heterocycles. The second-order valence-electron chi connectivity index (χ2n) is 10.2. The number of hydrogen-bond acceptors (Lipinski definition) is 8. The fraction of sp³-hybridized carbons (Fsp3) is 0.758. The number of aldehydes is 1. The summed E-state index contributed by atoms with van der Waals surface area (Å²) in [5, 5.41) is -0.102. The Morgan fingerprint density at radius 1 is 0.659 bits per heavy atom. The Morgan fingerprint density at radius 2 is 1.10 bits per heavy atom.